The molecular weight excluding hydrogens is 432 g/mol. The van der Waals surface area contributed by atoms with Gasteiger partial charge in [0.05, 0.1) is 34.0 Å². The van der Waals surface area contributed by atoms with Crippen LogP contribution in [0, 0.1) is 18.3 Å². The van der Waals surface area contributed by atoms with E-state index in [1.165, 1.54) is 16.3 Å². The van der Waals surface area contributed by atoms with Gasteiger partial charge in [-0.1, -0.05) is 42.1 Å². The molecule has 0 saturated carbocycles. The highest BCUT2D eigenvalue weighted by molar-refractivity contribution is 7.99. The number of thioether (sulfide) groups is 1. The predicted molar refractivity (Wildman–Crippen MR) is 130 cm³/mol. The summed E-state index contributed by atoms with van der Waals surface area (Å²) in [7, 11) is 0. The smallest absolute Gasteiger partial charge is 0.266 e. The van der Waals surface area contributed by atoms with Crippen LogP contribution in [0.3, 0.4) is 0 Å². The van der Waals surface area contributed by atoms with Crippen LogP contribution in [-0.4, -0.2) is 26.1 Å². The number of Topliss-reactive ketones (excluding diaryl/α,β-unsaturated/α-hetero) is 1. The molecule has 160 valence electrons. The summed E-state index contributed by atoms with van der Waals surface area (Å²) in [4.78, 5) is 34.5. The summed E-state index contributed by atoms with van der Waals surface area (Å²) in [6.45, 7) is 1.89. The first kappa shape index (κ1) is 20.7. The minimum Gasteiger partial charge on any atom is -0.358 e. The number of carbonyl (C=O) groups excluding carboxylic acids is 1. The van der Waals surface area contributed by atoms with Gasteiger partial charge < -0.3 is 4.98 Å². The van der Waals surface area contributed by atoms with Crippen LogP contribution in [-0.2, 0) is 0 Å². The van der Waals surface area contributed by atoms with Crippen molar-refractivity contribution in [3.05, 3.63) is 100.0 Å². The standard InChI is InChI=1S/C26H18N4O2S/c1-16-24(19-6-2-4-8-21(19)28-16)23(31)15-33-26-29-22-9-5-3-7-20(22)25(32)30(26)18-12-10-17(14-27)11-13-18/h2-13,28H,15H2,1H3. The molecule has 0 atom stereocenters. The number of nitrogens with zero attached hydrogens (tertiary/aromatic N) is 3. The number of hydrogen-bond donors (Lipinski definition) is 1. The maximum atomic E-state index is 13.4. The van der Waals surface area contributed by atoms with E-state index in [0.717, 1.165) is 16.6 Å². The molecule has 0 fully saturated rings. The molecule has 1 N–H and O–H groups in total. The van der Waals surface area contributed by atoms with Crippen LogP contribution in [0.5, 0.6) is 0 Å². The van der Waals surface area contributed by atoms with Crippen LogP contribution in [0.25, 0.3) is 27.5 Å². The Kier molecular flexibility index (Phi) is 5.29. The van der Waals surface area contributed by atoms with E-state index in [4.69, 9.17) is 10.2 Å². The number of fused-ring (bicyclic) bond motifs is 2. The molecule has 7 heteroatoms. The lowest BCUT2D eigenvalue weighted by Crippen LogP contribution is -2.22. The summed E-state index contributed by atoms with van der Waals surface area (Å²) in [5.74, 6) is 0.0905. The van der Waals surface area contributed by atoms with Crippen LogP contribution in [0.2, 0.25) is 0 Å². The predicted octanol–water partition coefficient (Wildman–Crippen LogP) is 5.02. The average molecular weight is 451 g/mol. The summed E-state index contributed by atoms with van der Waals surface area (Å²) in [5, 5.41) is 10.9. The van der Waals surface area contributed by atoms with E-state index >= 15 is 0 Å². The molecule has 0 saturated heterocycles. The van der Waals surface area contributed by atoms with E-state index < -0.39 is 0 Å². The highest BCUT2D eigenvalue weighted by atomic mass is 32.2. The number of carbonyl (C=O) groups is 1. The quantitative estimate of drug-likeness (QED) is 0.231. The first-order chi connectivity index (χ1) is 16.1. The summed E-state index contributed by atoms with van der Waals surface area (Å²) in [6.07, 6.45) is 0. The molecule has 0 spiro atoms. The van der Waals surface area contributed by atoms with Gasteiger partial charge in [0.2, 0.25) is 0 Å². The van der Waals surface area contributed by atoms with E-state index in [9.17, 15) is 9.59 Å². The van der Waals surface area contributed by atoms with E-state index in [-0.39, 0.29) is 17.1 Å². The number of ketones is 1. The van der Waals surface area contributed by atoms with E-state index in [0.29, 0.717) is 32.9 Å². The van der Waals surface area contributed by atoms with Crippen molar-refractivity contribution in [1.29, 1.82) is 5.26 Å². The first-order valence-electron chi connectivity index (χ1n) is 10.3. The number of aromatic amines is 1. The summed E-state index contributed by atoms with van der Waals surface area (Å²) in [6, 6.07) is 23.7. The monoisotopic (exact) mass is 450 g/mol. The zero-order chi connectivity index (χ0) is 22.9. The van der Waals surface area contributed by atoms with Gasteiger partial charge in [-0.15, -0.1) is 0 Å². The van der Waals surface area contributed by atoms with Crippen LogP contribution in [0.4, 0.5) is 0 Å². The number of benzene rings is 3. The number of hydrogen-bond acceptors (Lipinski definition) is 5. The Hall–Kier alpha value is -4.15. The van der Waals surface area contributed by atoms with Crippen molar-refractivity contribution in [3.63, 3.8) is 0 Å². The van der Waals surface area contributed by atoms with Gasteiger partial charge in [-0.25, -0.2) is 4.98 Å². The van der Waals surface area contributed by atoms with Gasteiger partial charge in [0, 0.05) is 22.2 Å². The number of H-pyrrole nitrogens is 1. The average Bonchev–Trinajstić information content (AvgIpc) is 3.18. The zero-order valence-corrected chi connectivity index (χ0v) is 18.5. The Labute approximate surface area is 193 Å². The largest absolute Gasteiger partial charge is 0.358 e. The lowest BCUT2D eigenvalue weighted by molar-refractivity contribution is 0.102. The fourth-order valence-corrected chi connectivity index (χ4v) is 4.84. The molecule has 0 amide bonds. The molecule has 0 aliphatic carbocycles. The second-order valence-electron chi connectivity index (χ2n) is 7.59. The lowest BCUT2D eigenvalue weighted by atomic mass is 10.1. The molecule has 6 nitrogen and oxygen atoms in total. The molecule has 0 radical (unpaired) electrons. The summed E-state index contributed by atoms with van der Waals surface area (Å²) in [5.41, 5.74) is 3.84. The van der Waals surface area contributed by atoms with Crippen LogP contribution < -0.4 is 5.56 Å². The minimum absolute atomic E-state index is 0.0382. The summed E-state index contributed by atoms with van der Waals surface area (Å²) >= 11 is 1.23. The number of para-hydroxylation sites is 2. The van der Waals surface area contributed by atoms with E-state index in [1.54, 1.807) is 42.5 Å². The Bertz CT molecular complexity index is 1630. The van der Waals surface area contributed by atoms with Crippen molar-refractivity contribution in [2.45, 2.75) is 12.1 Å². The van der Waals surface area contributed by atoms with Gasteiger partial charge in [0.15, 0.2) is 10.9 Å². The molecule has 0 unspecified atom stereocenters. The molecule has 33 heavy (non-hydrogen) atoms. The fraction of sp³-hybridized carbons (Fsp3) is 0.0769. The number of aryl methyl sites for hydroxylation is 1. The minimum atomic E-state index is -0.219. The Morgan fingerprint density at radius 2 is 1.73 bits per heavy atom. The molecule has 5 aromatic rings. The van der Waals surface area contributed by atoms with Crippen molar-refractivity contribution in [2.24, 2.45) is 0 Å². The fourth-order valence-electron chi connectivity index (χ4n) is 3.96. The number of nitriles is 1. The summed E-state index contributed by atoms with van der Waals surface area (Å²) < 4.78 is 1.50. The number of rotatable bonds is 5. The maximum absolute atomic E-state index is 13.4. The van der Waals surface area contributed by atoms with Gasteiger partial charge >= 0.3 is 0 Å². The second-order valence-corrected chi connectivity index (χ2v) is 8.54. The third-order valence-electron chi connectivity index (χ3n) is 5.50. The topological polar surface area (TPSA) is 91.5 Å². The normalized spacial score (nSPS) is 11.0. The third-order valence-corrected chi connectivity index (χ3v) is 6.44. The first-order valence-corrected chi connectivity index (χ1v) is 11.3. The van der Waals surface area contributed by atoms with Gasteiger partial charge in [-0.3, -0.25) is 14.2 Å². The Balaban J connectivity index is 1.57. The number of aromatic nitrogens is 3. The zero-order valence-electron chi connectivity index (χ0n) is 17.7. The molecule has 2 heterocycles. The van der Waals surface area contributed by atoms with Crippen molar-refractivity contribution in [1.82, 2.24) is 14.5 Å². The van der Waals surface area contributed by atoms with Crippen molar-refractivity contribution >= 4 is 39.4 Å². The number of nitrogens with one attached hydrogen (secondary N) is 1. The van der Waals surface area contributed by atoms with Crippen molar-refractivity contribution < 1.29 is 4.79 Å². The molecule has 0 bridgehead atoms. The third kappa shape index (κ3) is 3.71. The van der Waals surface area contributed by atoms with Gasteiger partial charge in [0.25, 0.3) is 5.56 Å². The van der Waals surface area contributed by atoms with E-state index in [1.807, 2.05) is 37.3 Å². The molecule has 0 aliphatic heterocycles. The molecular formula is C26H18N4O2S. The Morgan fingerprint density at radius 1 is 1.03 bits per heavy atom. The van der Waals surface area contributed by atoms with E-state index in [2.05, 4.69) is 11.1 Å². The SMILES string of the molecule is Cc1[nH]c2ccccc2c1C(=O)CSc1nc2ccccc2c(=O)n1-c1ccc(C#N)cc1. The highest BCUT2D eigenvalue weighted by Gasteiger charge is 2.19. The highest BCUT2D eigenvalue weighted by Crippen LogP contribution is 2.26. The molecule has 3 aromatic carbocycles. The van der Waals surface area contributed by atoms with Crippen LogP contribution in [0.1, 0.15) is 21.6 Å². The van der Waals surface area contributed by atoms with Crippen molar-refractivity contribution in [2.75, 3.05) is 5.75 Å². The van der Waals surface area contributed by atoms with Crippen LogP contribution >= 0.6 is 11.8 Å². The van der Waals surface area contributed by atoms with Gasteiger partial charge in [-0.2, -0.15) is 5.26 Å². The lowest BCUT2D eigenvalue weighted by Gasteiger charge is -2.13. The van der Waals surface area contributed by atoms with Gasteiger partial charge in [0.1, 0.15) is 0 Å². The molecule has 0 aliphatic rings. The molecule has 2 aromatic heterocycles. The van der Waals surface area contributed by atoms with Crippen molar-refractivity contribution in [3.8, 4) is 11.8 Å². The Morgan fingerprint density at radius 3 is 2.48 bits per heavy atom. The van der Waals surface area contributed by atoms with Gasteiger partial charge in [-0.05, 0) is 49.4 Å². The second kappa shape index (κ2) is 8.41. The maximum Gasteiger partial charge on any atom is 0.266 e. The molecule has 5 rings (SSSR count). The van der Waals surface area contributed by atoms with Crippen LogP contribution in [0.15, 0.2) is 82.7 Å².